The molecule has 1 atom stereocenters. The molecule has 0 aliphatic rings. The molecule has 0 saturated carbocycles. The van der Waals surface area contributed by atoms with E-state index in [2.05, 4.69) is 15.4 Å². The van der Waals surface area contributed by atoms with Crippen LogP contribution in [0.1, 0.15) is 5.56 Å². The summed E-state index contributed by atoms with van der Waals surface area (Å²) in [7, 11) is 1.21. The number of aliphatic hydroxyl groups is 1. The quantitative estimate of drug-likeness (QED) is 0.760. The van der Waals surface area contributed by atoms with Gasteiger partial charge in [-0.2, -0.15) is 0 Å². The summed E-state index contributed by atoms with van der Waals surface area (Å²) in [6.07, 6.45) is -0.428. The summed E-state index contributed by atoms with van der Waals surface area (Å²) in [5.74, 6) is -1.87. The van der Waals surface area contributed by atoms with Crippen molar-refractivity contribution in [3.63, 3.8) is 0 Å². The molecule has 24 heavy (non-hydrogen) atoms. The van der Waals surface area contributed by atoms with Crippen molar-refractivity contribution in [2.45, 2.75) is 12.5 Å². The van der Waals surface area contributed by atoms with Crippen LogP contribution in [0.2, 0.25) is 0 Å². The maximum absolute atomic E-state index is 13.7. The van der Waals surface area contributed by atoms with Crippen LogP contribution in [-0.2, 0) is 6.42 Å². The van der Waals surface area contributed by atoms with E-state index in [0.717, 1.165) is 17.7 Å². The van der Waals surface area contributed by atoms with E-state index in [1.165, 1.54) is 7.11 Å². The first-order valence-electron chi connectivity index (χ1n) is 7.29. The fourth-order valence-corrected chi connectivity index (χ4v) is 2.12. The number of methoxy groups -OCH3 is 1. The van der Waals surface area contributed by atoms with E-state index in [4.69, 9.17) is 0 Å². The third kappa shape index (κ3) is 4.92. The lowest BCUT2D eigenvalue weighted by Gasteiger charge is -2.13. The minimum atomic E-state index is -0.826. The first kappa shape index (κ1) is 17.7. The second kappa shape index (κ2) is 8.26. The molecule has 2 rings (SSSR count). The summed E-state index contributed by atoms with van der Waals surface area (Å²) in [4.78, 5) is 11.7. The number of hydrogen-bond acceptors (Lipinski definition) is 3. The van der Waals surface area contributed by atoms with Crippen molar-refractivity contribution in [2.75, 3.05) is 19.0 Å². The predicted molar refractivity (Wildman–Crippen MR) is 86.1 cm³/mol. The van der Waals surface area contributed by atoms with Gasteiger partial charge < -0.3 is 20.5 Å². The maximum Gasteiger partial charge on any atom is 0.319 e. The second-order valence-corrected chi connectivity index (χ2v) is 5.15. The number of nitrogens with one attached hydrogen (secondary N) is 2. The van der Waals surface area contributed by atoms with Crippen LogP contribution >= 0.6 is 0 Å². The third-order valence-electron chi connectivity index (χ3n) is 3.30. The van der Waals surface area contributed by atoms with Crippen LogP contribution in [0.4, 0.5) is 19.3 Å². The Morgan fingerprint density at radius 3 is 2.58 bits per heavy atom. The molecule has 0 aromatic heterocycles. The van der Waals surface area contributed by atoms with Crippen molar-refractivity contribution in [1.29, 1.82) is 0 Å². The Hall–Kier alpha value is -2.67. The molecule has 0 spiro atoms. The fourth-order valence-electron chi connectivity index (χ4n) is 2.12. The first-order valence-corrected chi connectivity index (χ1v) is 7.29. The lowest BCUT2D eigenvalue weighted by atomic mass is 10.1. The van der Waals surface area contributed by atoms with Gasteiger partial charge in [0.1, 0.15) is 0 Å². The van der Waals surface area contributed by atoms with E-state index >= 15 is 0 Å². The van der Waals surface area contributed by atoms with Crippen molar-refractivity contribution >= 4 is 11.7 Å². The number of ether oxygens (including phenoxy) is 1. The van der Waals surface area contributed by atoms with Crippen LogP contribution in [-0.4, -0.2) is 30.9 Å². The van der Waals surface area contributed by atoms with Gasteiger partial charge in [-0.3, -0.25) is 0 Å². The monoisotopic (exact) mass is 336 g/mol. The molecule has 7 heteroatoms. The highest BCUT2D eigenvalue weighted by Crippen LogP contribution is 2.24. The van der Waals surface area contributed by atoms with Crippen LogP contribution in [0.5, 0.6) is 5.75 Å². The molecule has 2 aromatic rings. The maximum atomic E-state index is 13.7. The molecule has 0 fully saturated rings. The largest absolute Gasteiger partial charge is 0.494 e. The highest BCUT2D eigenvalue weighted by atomic mass is 19.1. The second-order valence-electron chi connectivity index (χ2n) is 5.15. The number of anilines is 1. The molecule has 2 aromatic carbocycles. The molecule has 0 radical (unpaired) electrons. The van der Waals surface area contributed by atoms with Gasteiger partial charge in [0.05, 0.1) is 18.9 Å². The summed E-state index contributed by atoms with van der Waals surface area (Å²) in [5.41, 5.74) is 0.610. The smallest absolute Gasteiger partial charge is 0.319 e. The first-order chi connectivity index (χ1) is 11.5. The molecule has 128 valence electrons. The Morgan fingerprint density at radius 2 is 1.92 bits per heavy atom. The number of urea groups is 1. The average Bonchev–Trinajstić information content (AvgIpc) is 2.57. The zero-order chi connectivity index (χ0) is 17.5. The number of aliphatic hydroxyl groups excluding tert-OH is 1. The SMILES string of the molecule is COc1cc(F)c(NC(=O)NCC(O)Cc2ccccc2)cc1F. The van der Waals surface area contributed by atoms with Crippen molar-refractivity contribution < 1.29 is 23.4 Å². The van der Waals surface area contributed by atoms with Crippen LogP contribution in [0.25, 0.3) is 0 Å². The van der Waals surface area contributed by atoms with Crippen molar-refractivity contribution in [2.24, 2.45) is 0 Å². The topological polar surface area (TPSA) is 70.6 Å². The molecule has 0 bridgehead atoms. The summed E-state index contributed by atoms with van der Waals surface area (Å²) in [6.45, 7) is -0.0268. The van der Waals surface area contributed by atoms with Crippen LogP contribution < -0.4 is 15.4 Å². The molecule has 0 aliphatic carbocycles. The Morgan fingerprint density at radius 1 is 1.21 bits per heavy atom. The zero-order valence-electron chi connectivity index (χ0n) is 13.1. The predicted octanol–water partition coefficient (Wildman–Crippen LogP) is 2.70. The van der Waals surface area contributed by atoms with Gasteiger partial charge in [-0.05, 0) is 5.56 Å². The molecule has 0 aliphatic heterocycles. The highest BCUT2D eigenvalue weighted by Gasteiger charge is 2.13. The number of amides is 2. The lowest BCUT2D eigenvalue weighted by Crippen LogP contribution is -2.36. The Balaban J connectivity index is 1.86. The Labute approximate surface area is 138 Å². The highest BCUT2D eigenvalue weighted by molar-refractivity contribution is 5.89. The zero-order valence-corrected chi connectivity index (χ0v) is 13.1. The van der Waals surface area contributed by atoms with Crippen molar-refractivity contribution in [3.05, 3.63) is 59.7 Å². The number of carbonyl (C=O) groups is 1. The molecular formula is C17H18F2N2O3. The minimum Gasteiger partial charge on any atom is -0.494 e. The number of rotatable bonds is 6. The van der Waals surface area contributed by atoms with E-state index in [1.54, 1.807) is 0 Å². The van der Waals surface area contributed by atoms with Gasteiger partial charge in [0.25, 0.3) is 0 Å². The lowest BCUT2D eigenvalue weighted by molar-refractivity contribution is 0.172. The molecular weight excluding hydrogens is 318 g/mol. The molecule has 0 saturated heterocycles. The molecule has 3 N–H and O–H groups in total. The number of benzene rings is 2. The molecule has 1 unspecified atom stereocenters. The third-order valence-corrected chi connectivity index (χ3v) is 3.30. The van der Waals surface area contributed by atoms with E-state index in [0.29, 0.717) is 6.42 Å². The van der Waals surface area contributed by atoms with Gasteiger partial charge in [-0.15, -0.1) is 0 Å². The molecule has 5 nitrogen and oxygen atoms in total. The van der Waals surface area contributed by atoms with Gasteiger partial charge in [0, 0.05) is 25.1 Å². The average molecular weight is 336 g/mol. The minimum absolute atomic E-state index is 0.0268. The van der Waals surface area contributed by atoms with Gasteiger partial charge in [-0.25, -0.2) is 13.6 Å². The van der Waals surface area contributed by atoms with Crippen molar-refractivity contribution in [1.82, 2.24) is 5.32 Å². The number of halogens is 2. The summed E-state index contributed by atoms with van der Waals surface area (Å²) in [5, 5.41) is 14.5. The number of hydrogen-bond donors (Lipinski definition) is 3. The van der Waals surface area contributed by atoms with E-state index in [9.17, 15) is 18.7 Å². The summed E-state index contributed by atoms with van der Waals surface area (Å²) >= 11 is 0. The molecule has 0 heterocycles. The van der Waals surface area contributed by atoms with E-state index < -0.39 is 23.8 Å². The van der Waals surface area contributed by atoms with Crippen LogP contribution in [0.3, 0.4) is 0 Å². The number of carbonyl (C=O) groups excluding carboxylic acids is 1. The standard InChI is InChI=1S/C17H18F2N2O3/c1-24-16-9-13(18)15(8-14(16)19)21-17(23)20-10-12(22)7-11-5-3-2-4-6-11/h2-6,8-9,12,22H,7,10H2,1H3,(H2,20,21,23). The van der Waals surface area contributed by atoms with Gasteiger partial charge in [0.2, 0.25) is 0 Å². The van der Waals surface area contributed by atoms with Crippen molar-refractivity contribution in [3.8, 4) is 5.75 Å². The van der Waals surface area contributed by atoms with E-state index in [1.807, 2.05) is 30.3 Å². The Kier molecular flexibility index (Phi) is 6.08. The fraction of sp³-hybridized carbons (Fsp3) is 0.235. The Bertz CT molecular complexity index is 696. The van der Waals surface area contributed by atoms with E-state index in [-0.39, 0.29) is 18.0 Å². The van der Waals surface area contributed by atoms with Gasteiger partial charge in [-0.1, -0.05) is 30.3 Å². The molecule has 2 amide bonds. The summed E-state index contributed by atoms with van der Waals surface area (Å²) in [6, 6.07) is 10.2. The summed E-state index contributed by atoms with van der Waals surface area (Å²) < 4.78 is 31.9. The van der Waals surface area contributed by atoms with Gasteiger partial charge >= 0.3 is 6.03 Å². The van der Waals surface area contributed by atoms with Crippen LogP contribution in [0.15, 0.2) is 42.5 Å². The normalized spacial score (nSPS) is 11.7. The van der Waals surface area contributed by atoms with Crippen LogP contribution in [0, 0.1) is 11.6 Å². The van der Waals surface area contributed by atoms with Gasteiger partial charge in [0.15, 0.2) is 17.4 Å².